The highest BCUT2D eigenvalue weighted by Crippen LogP contribution is 2.62. The molecule has 2 aliphatic carbocycles. The van der Waals surface area contributed by atoms with Gasteiger partial charge in [0.25, 0.3) is 0 Å². The van der Waals surface area contributed by atoms with Gasteiger partial charge in [0.15, 0.2) is 0 Å². The fourth-order valence-electron chi connectivity index (χ4n) is 5.45. The minimum Gasteiger partial charge on any atom is -0.497 e. The van der Waals surface area contributed by atoms with Crippen molar-refractivity contribution in [2.45, 2.75) is 58.0 Å². The number of fused-ring (bicyclic) bond motifs is 2. The Morgan fingerprint density at radius 2 is 2.08 bits per heavy atom. The summed E-state index contributed by atoms with van der Waals surface area (Å²) in [5.41, 5.74) is 2.74. The molecule has 1 aliphatic heterocycles. The fraction of sp³-hybridized carbons (Fsp3) is 0.667. The summed E-state index contributed by atoms with van der Waals surface area (Å²) in [6.45, 7) is 7.52. The van der Waals surface area contributed by atoms with E-state index in [1.165, 1.54) is 30.4 Å². The van der Waals surface area contributed by atoms with Crippen LogP contribution in [0.4, 0.5) is 4.79 Å². The molecule has 1 aromatic rings. The van der Waals surface area contributed by atoms with Crippen LogP contribution >= 0.6 is 0 Å². The molecule has 1 saturated carbocycles. The number of nitrogens with zero attached hydrogens (tertiary/aromatic N) is 1. The lowest BCUT2D eigenvalue weighted by Crippen LogP contribution is -2.39. The average Bonchev–Trinajstić information content (AvgIpc) is 3.07. The predicted molar refractivity (Wildman–Crippen MR) is 97.0 cm³/mol. The van der Waals surface area contributed by atoms with Crippen molar-refractivity contribution in [1.82, 2.24) is 4.90 Å². The standard InChI is InChI=1S/C21H29NO3/c1-20(2,3)25-19(23)22-12-15-5-8-18-17-7-6-16(24-4)11-14(17)9-10-21(15,18)13-22/h6-7,11,15,18H,5,8-10,12-13H2,1-4H3/t15-,18+,21+/m1/s1. The van der Waals surface area contributed by atoms with Gasteiger partial charge < -0.3 is 14.4 Å². The zero-order valence-corrected chi connectivity index (χ0v) is 15.8. The van der Waals surface area contributed by atoms with Gasteiger partial charge in [-0.3, -0.25) is 0 Å². The molecule has 4 heteroatoms. The van der Waals surface area contributed by atoms with Gasteiger partial charge in [0.05, 0.1) is 7.11 Å². The Morgan fingerprint density at radius 1 is 1.28 bits per heavy atom. The molecule has 1 spiro atoms. The Kier molecular flexibility index (Phi) is 3.78. The average molecular weight is 343 g/mol. The molecular formula is C21H29NO3. The van der Waals surface area contributed by atoms with E-state index in [4.69, 9.17) is 9.47 Å². The smallest absolute Gasteiger partial charge is 0.410 e. The molecule has 4 rings (SSSR count). The van der Waals surface area contributed by atoms with Crippen LogP contribution in [0.1, 0.15) is 57.1 Å². The van der Waals surface area contributed by atoms with Crippen LogP contribution in [0.3, 0.4) is 0 Å². The lowest BCUT2D eigenvalue weighted by Gasteiger charge is -2.41. The van der Waals surface area contributed by atoms with Gasteiger partial charge in [-0.25, -0.2) is 4.79 Å². The monoisotopic (exact) mass is 343 g/mol. The first kappa shape index (κ1) is 16.7. The van der Waals surface area contributed by atoms with Gasteiger partial charge >= 0.3 is 6.09 Å². The van der Waals surface area contributed by atoms with Gasteiger partial charge in [0, 0.05) is 13.1 Å². The first-order valence-corrected chi connectivity index (χ1v) is 9.47. The van der Waals surface area contributed by atoms with Crippen molar-refractivity contribution >= 4 is 6.09 Å². The molecule has 1 heterocycles. The number of ether oxygens (including phenoxy) is 2. The molecule has 0 aromatic heterocycles. The quantitative estimate of drug-likeness (QED) is 0.760. The Morgan fingerprint density at radius 3 is 2.80 bits per heavy atom. The number of aryl methyl sites for hydroxylation is 1. The van der Waals surface area contributed by atoms with E-state index in [9.17, 15) is 4.79 Å². The van der Waals surface area contributed by atoms with Crippen LogP contribution in [0.5, 0.6) is 5.75 Å². The number of likely N-dealkylation sites (tertiary alicyclic amines) is 1. The molecule has 3 atom stereocenters. The van der Waals surface area contributed by atoms with Gasteiger partial charge in [-0.2, -0.15) is 0 Å². The maximum absolute atomic E-state index is 12.6. The Balaban J connectivity index is 1.59. The summed E-state index contributed by atoms with van der Waals surface area (Å²) in [7, 11) is 1.73. The highest BCUT2D eigenvalue weighted by molar-refractivity contribution is 5.69. The molecule has 0 bridgehead atoms. The van der Waals surface area contributed by atoms with Gasteiger partial charge in [-0.05, 0) is 87.0 Å². The maximum Gasteiger partial charge on any atom is 0.410 e. The molecule has 0 unspecified atom stereocenters. The molecule has 3 aliphatic rings. The largest absolute Gasteiger partial charge is 0.497 e. The number of carbonyl (C=O) groups is 1. The van der Waals surface area contributed by atoms with Crippen molar-refractivity contribution < 1.29 is 14.3 Å². The van der Waals surface area contributed by atoms with Crippen LogP contribution in [0.25, 0.3) is 0 Å². The Labute approximate surface area is 150 Å². The molecule has 1 saturated heterocycles. The summed E-state index contributed by atoms with van der Waals surface area (Å²) >= 11 is 0. The molecule has 1 aromatic carbocycles. The second kappa shape index (κ2) is 5.65. The van der Waals surface area contributed by atoms with Gasteiger partial charge in [-0.15, -0.1) is 0 Å². The Hall–Kier alpha value is -1.71. The predicted octanol–water partition coefficient (Wildman–Crippen LogP) is 4.37. The number of hydrogen-bond donors (Lipinski definition) is 0. The second-order valence-corrected chi connectivity index (χ2v) is 8.99. The van der Waals surface area contributed by atoms with Crippen LogP contribution in [0, 0.1) is 11.3 Å². The van der Waals surface area contributed by atoms with Crippen molar-refractivity contribution in [1.29, 1.82) is 0 Å². The number of rotatable bonds is 1. The van der Waals surface area contributed by atoms with E-state index in [1.54, 1.807) is 7.11 Å². The van der Waals surface area contributed by atoms with Crippen LogP contribution in [0.2, 0.25) is 0 Å². The van der Waals surface area contributed by atoms with E-state index >= 15 is 0 Å². The van der Waals surface area contributed by atoms with Crippen molar-refractivity contribution in [3.8, 4) is 5.75 Å². The summed E-state index contributed by atoms with van der Waals surface area (Å²) in [4.78, 5) is 14.5. The molecule has 0 N–H and O–H groups in total. The highest BCUT2D eigenvalue weighted by atomic mass is 16.6. The molecule has 1 amide bonds. The molecule has 136 valence electrons. The normalized spacial score (nSPS) is 30.5. The van der Waals surface area contributed by atoms with Crippen LogP contribution in [0.15, 0.2) is 18.2 Å². The minimum absolute atomic E-state index is 0.143. The van der Waals surface area contributed by atoms with E-state index in [2.05, 4.69) is 18.2 Å². The van der Waals surface area contributed by atoms with Gasteiger partial charge in [0.2, 0.25) is 0 Å². The first-order valence-electron chi connectivity index (χ1n) is 9.47. The van der Waals surface area contributed by atoms with E-state index < -0.39 is 5.60 Å². The Bertz CT molecular complexity index is 693. The van der Waals surface area contributed by atoms with Gasteiger partial charge in [-0.1, -0.05) is 6.07 Å². The minimum atomic E-state index is -0.429. The van der Waals surface area contributed by atoms with Crippen LogP contribution < -0.4 is 4.74 Å². The topological polar surface area (TPSA) is 38.8 Å². The number of methoxy groups -OCH3 is 1. The molecule has 25 heavy (non-hydrogen) atoms. The van der Waals surface area contributed by atoms with Crippen molar-refractivity contribution in [3.63, 3.8) is 0 Å². The molecule has 4 nitrogen and oxygen atoms in total. The third-order valence-electron chi connectivity index (χ3n) is 6.47. The summed E-state index contributed by atoms with van der Waals surface area (Å²) in [5, 5.41) is 0. The number of amides is 1. The second-order valence-electron chi connectivity index (χ2n) is 8.99. The summed E-state index contributed by atoms with van der Waals surface area (Å²) in [6.07, 6.45) is 4.57. The number of benzene rings is 1. The third-order valence-corrected chi connectivity index (χ3v) is 6.47. The fourth-order valence-corrected chi connectivity index (χ4v) is 5.45. The van der Waals surface area contributed by atoms with Crippen LogP contribution in [-0.4, -0.2) is 36.8 Å². The molecule has 0 radical (unpaired) electrons. The lowest BCUT2D eigenvalue weighted by atomic mass is 9.63. The van der Waals surface area contributed by atoms with Gasteiger partial charge in [0.1, 0.15) is 11.4 Å². The third kappa shape index (κ3) is 2.70. The zero-order chi connectivity index (χ0) is 17.8. The lowest BCUT2D eigenvalue weighted by molar-refractivity contribution is 0.0259. The van der Waals surface area contributed by atoms with E-state index in [0.29, 0.717) is 11.8 Å². The van der Waals surface area contributed by atoms with E-state index in [1.807, 2.05) is 25.7 Å². The van der Waals surface area contributed by atoms with Crippen molar-refractivity contribution in [2.24, 2.45) is 11.3 Å². The first-order chi connectivity index (χ1) is 11.8. The van der Waals surface area contributed by atoms with Crippen LogP contribution in [-0.2, 0) is 11.2 Å². The SMILES string of the molecule is COc1ccc2c(c1)CC[C@]13CN(C(=O)OC(C)(C)C)C[C@H]1CC[C@@H]23. The maximum atomic E-state index is 12.6. The highest BCUT2D eigenvalue weighted by Gasteiger charge is 2.58. The zero-order valence-electron chi connectivity index (χ0n) is 15.8. The summed E-state index contributed by atoms with van der Waals surface area (Å²) in [5.74, 6) is 2.13. The van der Waals surface area contributed by atoms with Crippen molar-refractivity contribution in [2.75, 3.05) is 20.2 Å². The molecule has 2 fully saturated rings. The number of carbonyl (C=O) groups excluding carboxylic acids is 1. The summed E-state index contributed by atoms with van der Waals surface area (Å²) in [6, 6.07) is 6.56. The van der Waals surface area contributed by atoms with E-state index in [-0.39, 0.29) is 11.5 Å². The number of hydrogen-bond acceptors (Lipinski definition) is 3. The van der Waals surface area contributed by atoms with E-state index in [0.717, 1.165) is 25.3 Å². The summed E-state index contributed by atoms with van der Waals surface area (Å²) < 4.78 is 11.0. The van der Waals surface area contributed by atoms with Crippen molar-refractivity contribution in [3.05, 3.63) is 29.3 Å². The molecular weight excluding hydrogens is 314 g/mol.